The summed E-state index contributed by atoms with van der Waals surface area (Å²) in [6.07, 6.45) is 12.2. The first-order chi connectivity index (χ1) is 8.33. The molecule has 1 rings (SSSR count). The maximum absolute atomic E-state index is 11.6. The number of carbonyl (C=O) groups is 1. The first-order valence-corrected chi connectivity index (χ1v) is 7.22. The number of carbonyl (C=O) groups excluding carboxylic acids is 1. The third-order valence-electron chi connectivity index (χ3n) is 3.44. The number of esters is 1. The van der Waals surface area contributed by atoms with Crippen LogP contribution in [0.3, 0.4) is 0 Å². The van der Waals surface area contributed by atoms with Crippen molar-refractivity contribution in [1.82, 2.24) is 0 Å². The van der Waals surface area contributed by atoms with Crippen molar-refractivity contribution < 1.29 is 9.53 Å². The average Bonchev–Trinajstić information content (AvgIpc) is 2.57. The van der Waals surface area contributed by atoms with Gasteiger partial charge in [-0.3, -0.25) is 4.79 Å². The van der Waals surface area contributed by atoms with Gasteiger partial charge in [-0.25, -0.2) is 0 Å². The molecule has 0 atom stereocenters. The Hall–Kier alpha value is -0.570. The molecule has 0 aromatic rings. The second kappa shape index (κ2) is 9.46. The summed E-state index contributed by atoms with van der Waals surface area (Å²) in [4.78, 5) is 11.6. The van der Waals surface area contributed by atoms with E-state index in [1.54, 1.807) is 0 Å². The zero-order chi connectivity index (χ0) is 12.3. The Morgan fingerprint density at radius 2 is 1.65 bits per heavy atom. The summed E-state index contributed by atoms with van der Waals surface area (Å²) < 4.78 is 5.51. The maximum Gasteiger partial charge on any atom is 0.306 e. The van der Waals surface area contributed by atoms with Crippen LogP contribution in [-0.4, -0.2) is 18.6 Å². The van der Waals surface area contributed by atoms with Gasteiger partial charge in [-0.2, -0.15) is 0 Å². The van der Waals surface area contributed by atoms with E-state index in [2.05, 4.69) is 0 Å². The summed E-state index contributed by atoms with van der Waals surface area (Å²) in [5.41, 5.74) is 5.42. The maximum atomic E-state index is 11.6. The fourth-order valence-electron chi connectivity index (χ4n) is 2.37. The lowest BCUT2D eigenvalue weighted by atomic mass is 10.1. The molecule has 0 saturated heterocycles. The lowest BCUT2D eigenvalue weighted by Gasteiger charge is -2.15. The van der Waals surface area contributed by atoms with Gasteiger partial charge < -0.3 is 10.5 Å². The van der Waals surface area contributed by atoms with Gasteiger partial charge in [0.15, 0.2) is 0 Å². The molecule has 1 saturated carbocycles. The van der Waals surface area contributed by atoms with Crippen LogP contribution in [0.1, 0.15) is 70.6 Å². The molecule has 0 heterocycles. The minimum absolute atomic E-state index is 0.00430. The smallest absolute Gasteiger partial charge is 0.306 e. The lowest BCUT2D eigenvalue weighted by molar-refractivity contribution is -0.149. The molecule has 0 aromatic heterocycles. The van der Waals surface area contributed by atoms with Crippen molar-refractivity contribution in [2.24, 2.45) is 5.73 Å². The highest BCUT2D eigenvalue weighted by Gasteiger charge is 2.16. The molecule has 1 aliphatic carbocycles. The van der Waals surface area contributed by atoms with Crippen LogP contribution in [0, 0.1) is 0 Å². The van der Waals surface area contributed by atoms with Gasteiger partial charge in [-0.15, -0.1) is 0 Å². The fourth-order valence-corrected chi connectivity index (χ4v) is 2.37. The molecule has 0 radical (unpaired) electrons. The molecule has 2 N–H and O–H groups in total. The summed E-state index contributed by atoms with van der Waals surface area (Å²) in [5, 5.41) is 0. The van der Waals surface area contributed by atoms with Crippen LogP contribution in [-0.2, 0) is 9.53 Å². The molecule has 0 aromatic carbocycles. The van der Waals surface area contributed by atoms with E-state index in [0.29, 0.717) is 6.42 Å². The molecular formula is C14H27NO2. The standard InChI is InChI=1S/C14H27NO2/c15-12-8-4-3-7-11-14(16)17-13-9-5-1-2-6-10-13/h13H,1-12,15H2. The van der Waals surface area contributed by atoms with Crippen LogP contribution in [0.4, 0.5) is 0 Å². The molecule has 0 spiro atoms. The lowest BCUT2D eigenvalue weighted by Crippen LogP contribution is -2.17. The van der Waals surface area contributed by atoms with Crippen LogP contribution in [0.25, 0.3) is 0 Å². The second-order valence-electron chi connectivity index (χ2n) is 5.06. The summed E-state index contributed by atoms with van der Waals surface area (Å²) in [7, 11) is 0. The van der Waals surface area contributed by atoms with Crippen molar-refractivity contribution >= 4 is 5.97 Å². The molecule has 3 nitrogen and oxygen atoms in total. The minimum atomic E-state index is 0.00430. The fraction of sp³-hybridized carbons (Fsp3) is 0.929. The Bertz CT molecular complexity index is 198. The summed E-state index contributed by atoms with van der Waals surface area (Å²) >= 11 is 0. The van der Waals surface area contributed by atoms with Crippen molar-refractivity contribution in [2.75, 3.05) is 6.54 Å². The summed E-state index contributed by atoms with van der Waals surface area (Å²) in [6, 6.07) is 0. The second-order valence-corrected chi connectivity index (χ2v) is 5.06. The van der Waals surface area contributed by atoms with Gasteiger partial charge in [0.05, 0.1) is 0 Å². The van der Waals surface area contributed by atoms with E-state index in [9.17, 15) is 4.79 Å². The number of ether oxygens (including phenoxy) is 1. The quantitative estimate of drug-likeness (QED) is 0.423. The number of rotatable bonds is 7. The van der Waals surface area contributed by atoms with Crippen molar-refractivity contribution in [3.05, 3.63) is 0 Å². The van der Waals surface area contributed by atoms with Crippen LogP contribution >= 0.6 is 0 Å². The minimum Gasteiger partial charge on any atom is -0.462 e. The Morgan fingerprint density at radius 1 is 1.00 bits per heavy atom. The summed E-state index contributed by atoms with van der Waals surface area (Å²) in [6.45, 7) is 0.756. The number of unbranched alkanes of at least 4 members (excludes halogenated alkanes) is 3. The molecule has 0 bridgehead atoms. The Kier molecular flexibility index (Phi) is 8.06. The molecule has 0 amide bonds. The van der Waals surface area contributed by atoms with Crippen molar-refractivity contribution in [2.45, 2.75) is 76.7 Å². The average molecular weight is 241 g/mol. The van der Waals surface area contributed by atoms with E-state index in [1.807, 2.05) is 0 Å². The van der Waals surface area contributed by atoms with Gasteiger partial charge in [0, 0.05) is 6.42 Å². The molecule has 17 heavy (non-hydrogen) atoms. The Morgan fingerprint density at radius 3 is 2.29 bits per heavy atom. The Balaban J connectivity index is 2.03. The van der Waals surface area contributed by atoms with E-state index in [4.69, 9.17) is 10.5 Å². The van der Waals surface area contributed by atoms with Crippen LogP contribution in [0.15, 0.2) is 0 Å². The van der Waals surface area contributed by atoms with Crippen LogP contribution < -0.4 is 5.73 Å². The van der Waals surface area contributed by atoms with Crippen molar-refractivity contribution in [3.8, 4) is 0 Å². The van der Waals surface area contributed by atoms with E-state index in [0.717, 1.165) is 45.1 Å². The summed E-state index contributed by atoms with van der Waals surface area (Å²) in [5.74, 6) is 0.00430. The number of hydrogen-bond donors (Lipinski definition) is 1. The first kappa shape index (κ1) is 14.5. The normalized spacial score (nSPS) is 17.7. The topological polar surface area (TPSA) is 52.3 Å². The van der Waals surface area contributed by atoms with Gasteiger partial charge in [-0.1, -0.05) is 25.7 Å². The number of nitrogens with two attached hydrogens (primary N) is 1. The van der Waals surface area contributed by atoms with Crippen molar-refractivity contribution in [3.63, 3.8) is 0 Å². The van der Waals surface area contributed by atoms with E-state index < -0.39 is 0 Å². The molecule has 1 fully saturated rings. The van der Waals surface area contributed by atoms with Crippen LogP contribution in [0.2, 0.25) is 0 Å². The Labute approximate surface area is 105 Å². The molecule has 0 unspecified atom stereocenters. The predicted octanol–water partition coefficient (Wildman–Crippen LogP) is 3.16. The third kappa shape index (κ3) is 7.37. The van der Waals surface area contributed by atoms with Gasteiger partial charge in [0.25, 0.3) is 0 Å². The van der Waals surface area contributed by atoms with Crippen LogP contribution in [0.5, 0.6) is 0 Å². The highest BCUT2D eigenvalue weighted by atomic mass is 16.5. The SMILES string of the molecule is NCCCCCCC(=O)OC1CCCCCC1. The third-order valence-corrected chi connectivity index (χ3v) is 3.44. The molecular weight excluding hydrogens is 214 g/mol. The van der Waals surface area contributed by atoms with E-state index >= 15 is 0 Å². The van der Waals surface area contributed by atoms with Gasteiger partial charge >= 0.3 is 5.97 Å². The zero-order valence-corrected chi connectivity index (χ0v) is 11.0. The van der Waals surface area contributed by atoms with E-state index in [1.165, 1.54) is 25.7 Å². The zero-order valence-electron chi connectivity index (χ0n) is 11.0. The largest absolute Gasteiger partial charge is 0.462 e. The van der Waals surface area contributed by atoms with Crippen molar-refractivity contribution in [1.29, 1.82) is 0 Å². The van der Waals surface area contributed by atoms with Gasteiger partial charge in [0.2, 0.25) is 0 Å². The highest BCUT2D eigenvalue weighted by Crippen LogP contribution is 2.20. The molecule has 100 valence electrons. The molecule has 3 heteroatoms. The monoisotopic (exact) mass is 241 g/mol. The predicted molar refractivity (Wildman–Crippen MR) is 69.7 cm³/mol. The molecule has 1 aliphatic rings. The first-order valence-electron chi connectivity index (χ1n) is 7.22. The van der Waals surface area contributed by atoms with E-state index in [-0.39, 0.29) is 12.1 Å². The highest BCUT2D eigenvalue weighted by molar-refractivity contribution is 5.69. The molecule has 0 aliphatic heterocycles. The van der Waals surface area contributed by atoms with Gasteiger partial charge in [-0.05, 0) is 45.1 Å². The number of hydrogen-bond acceptors (Lipinski definition) is 3. The van der Waals surface area contributed by atoms with Gasteiger partial charge in [0.1, 0.15) is 6.10 Å².